The highest BCUT2D eigenvalue weighted by atomic mass is 32.1. The second-order valence-electron chi connectivity index (χ2n) is 5.66. The van der Waals surface area contributed by atoms with E-state index in [1.54, 1.807) is 11.3 Å². The Balaban J connectivity index is 1.70. The average molecular weight is 316 g/mol. The van der Waals surface area contributed by atoms with E-state index in [-0.39, 0.29) is 5.91 Å². The second-order valence-corrected chi connectivity index (χ2v) is 6.71. The van der Waals surface area contributed by atoms with Crippen LogP contribution in [0.25, 0.3) is 10.4 Å². The van der Waals surface area contributed by atoms with E-state index in [9.17, 15) is 4.79 Å². The number of benzene rings is 1. The Labute approximate surface area is 134 Å². The summed E-state index contributed by atoms with van der Waals surface area (Å²) < 4.78 is 5.74. The van der Waals surface area contributed by atoms with Crippen molar-refractivity contribution in [3.05, 3.63) is 40.8 Å². The lowest BCUT2D eigenvalue weighted by atomic mass is 10.1. The van der Waals surface area contributed by atoms with Crippen molar-refractivity contribution in [2.45, 2.75) is 13.0 Å². The molecule has 116 valence electrons. The molecule has 0 radical (unpaired) electrons. The second kappa shape index (κ2) is 6.50. The molecule has 3 rings (SSSR count). The van der Waals surface area contributed by atoms with E-state index >= 15 is 0 Å². The largest absolute Gasteiger partial charge is 0.488 e. The van der Waals surface area contributed by atoms with E-state index in [1.165, 1.54) is 0 Å². The lowest BCUT2D eigenvalue weighted by Gasteiger charge is -2.16. The topological polar surface area (TPSA) is 41.6 Å². The van der Waals surface area contributed by atoms with Gasteiger partial charge in [0.2, 0.25) is 0 Å². The SMILES string of the molecule is CN(C)CCCNC(=O)c1cc2c(s1)-c1ccccc1OC2. The third-order valence-corrected chi connectivity index (χ3v) is 4.82. The van der Waals surface area contributed by atoms with E-state index < -0.39 is 0 Å². The Morgan fingerprint density at radius 3 is 3.00 bits per heavy atom. The fourth-order valence-electron chi connectivity index (χ4n) is 2.50. The number of thiophene rings is 1. The molecule has 1 N–H and O–H groups in total. The highest BCUT2D eigenvalue weighted by Gasteiger charge is 2.22. The highest BCUT2D eigenvalue weighted by molar-refractivity contribution is 7.17. The van der Waals surface area contributed by atoms with Crippen molar-refractivity contribution in [3.63, 3.8) is 0 Å². The third-order valence-electron chi connectivity index (χ3n) is 3.62. The van der Waals surface area contributed by atoms with Gasteiger partial charge in [-0.2, -0.15) is 0 Å². The maximum atomic E-state index is 12.3. The van der Waals surface area contributed by atoms with Crippen molar-refractivity contribution in [2.24, 2.45) is 0 Å². The monoisotopic (exact) mass is 316 g/mol. The molecule has 0 spiro atoms. The molecule has 1 aromatic carbocycles. The molecule has 0 bridgehead atoms. The van der Waals surface area contributed by atoms with Gasteiger partial charge in [0.25, 0.3) is 5.91 Å². The van der Waals surface area contributed by atoms with E-state index in [0.29, 0.717) is 13.2 Å². The first kappa shape index (κ1) is 15.1. The normalized spacial score (nSPS) is 12.5. The smallest absolute Gasteiger partial charge is 0.261 e. The standard InChI is InChI=1S/C17H20N2O2S/c1-19(2)9-5-8-18-17(20)15-10-12-11-21-14-7-4-3-6-13(14)16(12)22-15/h3-4,6-7,10H,5,8-9,11H2,1-2H3,(H,18,20). The number of hydrogen-bond acceptors (Lipinski definition) is 4. The summed E-state index contributed by atoms with van der Waals surface area (Å²) in [6.45, 7) is 2.21. The van der Waals surface area contributed by atoms with Crippen molar-refractivity contribution in [3.8, 4) is 16.2 Å². The van der Waals surface area contributed by atoms with Crippen molar-refractivity contribution in [1.29, 1.82) is 0 Å². The quantitative estimate of drug-likeness (QED) is 0.862. The number of para-hydroxylation sites is 1. The van der Waals surface area contributed by atoms with Crippen LogP contribution in [0, 0.1) is 0 Å². The van der Waals surface area contributed by atoms with E-state index in [0.717, 1.165) is 39.6 Å². The summed E-state index contributed by atoms with van der Waals surface area (Å²) in [4.78, 5) is 16.3. The molecule has 22 heavy (non-hydrogen) atoms. The maximum absolute atomic E-state index is 12.3. The lowest BCUT2D eigenvalue weighted by molar-refractivity contribution is 0.0956. The minimum atomic E-state index is 0.00985. The number of nitrogens with one attached hydrogen (secondary N) is 1. The van der Waals surface area contributed by atoms with Gasteiger partial charge in [-0.3, -0.25) is 4.79 Å². The number of amides is 1. The van der Waals surface area contributed by atoms with Crippen molar-refractivity contribution >= 4 is 17.2 Å². The molecule has 1 aromatic heterocycles. The van der Waals surface area contributed by atoms with Crippen LogP contribution in [0.4, 0.5) is 0 Å². The van der Waals surface area contributed by atoms with Crippen LogP contribution in [0.1, 0.15) is 21.7 Å². The molecule has 0 fully saturated rings. The van der Waals surface area contributed by atoms with Gasteiger partial charge in [-0.25, -0.2) is 0 Å². The number of ether oxygens (including phenoxy) is 1. The minimum Gasteiger partial charge on any atom is -0.488 e. The molecule has 1 aliphatic rings. The Kier molecular flexibility index (Phi) is 4.45. The zero-order valence-corrected chi connectivity index (χ0v) is 13.7. The Morgan fingerprint density at radius 2 is 2.18 bits per heavy atom. The van der Waals surface area contributed by atoms with Crippen molar-refractivity contribution in [1.82, 2.24) is 10.2 Å². The van der Waals surface area contributed by atoms with Gasteiger partial charge in [0.1, 0.15) is 12.4 Å². The molecule has 0 aliphatic carbocycles. The van der Waals surface area contributed by atoms with Crippen molar-refractivity contribution in [2.75, 3.05) is 27.2 Å². The number of nitrogens with zero attached hydrogens (tertiary/aromatic N) is 1. The van der Waals surface area contributed by atoms with Crippen LogP contribution in [0.3, 0.4) is 0 Å². The molecule has 0 saturated heterocycles. The fraction of sp³-hybridized carbons (Fsp3) is 0.353. The first-order valence-electron chi connectivity index (χ1n) is 7.43. The molecular weight excluding hydrogens is 296 g/mol. The van der Waals surface area contributed by atoms with Crippen LogP contribution >= 0.6 is 11.3 Å². The summed E-state index contributed by atoms with van der Waals surface area (Å²) in [5.41, 5.74) is 2.18. The molecule has 4 nitrogen and oxygen atoms in total. The first-order chi connectivity index (χ1) is 10.6. The average Bonchev–Trinajstić information content (AvgIpc) is 2.96. The number of carbonyl (C=O) groups excluding carboxylic acids is 1. The van der Waals surface area contributed by atoms with Gasteiger partial charge >= 0.3 is 0 Å². The highest BCUT2D eigenvalue weighted by Crippen LogP contribution is 2.42. The molecule has 1 aliphatic heterocycles. The van der Waals surface area contributed by atoms with E-state index in [4.69, 9.17) is 4.74 Å². The zero-order chi connectivity index (χ0) is 15.5. The van der Waals surface area contributed by atoms with Gasteiger partial charge in [-0.1, -0.05) is 12.1 Å². The number of hydrogen-bond donors (Lipinski definition) is 1. The Bertz CT molecular complexity index is 679. The summed E-state index contributed by atoms with van der Waals surface area (Å²) >= 11 is 1.55. The molecule has 2 aromatic rings. The predicted molar refractivity (Wildman–Crippen MR) is 89.6 cm³/mol. The van der Waals surface area contributed by atoms with Crippen LogP contribution in [0.2, 0.25) is 0 Å². The van der Waals surface area contributed by atoms with Gasteiger partial charge in [-0.15, -0.1) is 11.3 Å². The zero-order valence-electron chi connectivity index (χ0n) is 12.9. The lowest BCUT2D eigenvalue weighted by Crippen LogP contribution is -2.26. The van der Waals surface area contributed by atoms with Gasteiger partial charge in [0, 0.05) is 22.5 Å². The summed E-state index contributed by atoms with van der Waals surface area (Å²) in [6.07, 6.45) is 0.954. The molecule has 0 atom stereocenters. The summed E-state index contributed by atoms with van der Waals surface area (Å²) in [7, 11) is 4.07. The van der Waals surface area contributed by atoms with Crippen LogP contribution in [-0.2, 0) is 6.61 Å². The minimum absolute atomic E-state index is 0.00985. The van der Waals surface area contributed by atoms with Gasteiger partial charge in [0.05, 0.1) is 4.88 Å². The van der Waals surface area contributed by atoms with Gasteiger partial charge < -0.3 is 15.0 Å². The first-order valence-corrected chi connectivity index (χ1v) is 8.24. The Hall–Kier alpha value is -1.85. The van der Waals surface area contributed by atoms with Gasteiger partial charge in [-0.05, 0) is 45.3 Å². The van der Waals surface area contributed by atoms with Crippen LogP contribution in [0.15, 0.2) is 30.3 Å². The number of rotatable bonds is 5. The predicted octanol–water partition coefficient (Wildman–Crippen LogP) is 2.99. The van der Waals surface area contributed by atoms with Gasteiger partial charge in [0.15, 0.2) is 0 Å². The molecule has 0 saturated carbocycles. The summed E-state index contributed by atoms with van der Waals surface area (Å²) in [5.74, 6) is 0.908. The Morgan fingerprint density at radius 1 is 1.36 bits per heavy atom. The molecular formula is C17H20N2O2S. The maximum Gasteiger partial charge on any atom is 0.261 e. The van der Waals surface area contributed by atoms with Crippen LogP contribution in [-0.4, -0.2) is 38.0 Å². The molecule has 1 amide bonds. The number of fused-ring (bicyclic) bond motifs is 3. The van der Waals surface area contributed by atoms with Crippen molar-refractivity contribution < 1.29 is 9.53 Å². The van der Waals surface area contributed by atoms with E-state index in [1.807, 2.05) is 44.4 Å². The summed E-state index contributed by atoms with van der Waals surface area (Å²) in [6, 6.07) is 9.94. The summed E-state index contributed by atoms with van der Waals surface area (Å²) in [5, 5.41) is 2.99. The molecule has 5 heteroatoms. The van der Waals surface area contributed by atoms with E-state index in [2.05, 4.69) is 10.2 Å². The molecule has 2 heterocycles. The number of carbonyl (C=O) groups is 1. The van der Waals surface area contributed by atoms with Crippen LogP contribution < -0.4 is 10.1 Å². The third kappa shape index (κ3) is 3.15. The van der Waals surface area contributed by atoms with Crippen LogP contribution in [0.5, 0.6) is 5.75 Å². The molecule has 0 unspecified atom stereocenters. The fourth-order valence-corrected chi connectivity index (χ4v) is 3.61.